The van der Waals surface area contributed by atoms with Gasteiger partial charge in [0.25, 0.3) is 0 Å². The number of rotatable bonds is 6. The number of anilines is 2. The van der Waals surface area contributed by atoms with E-state index >= 15 is 0 Å². The standard InChI is InChI=1S/C28H29N5O3/c1-2-36-26(34)22-12-6-7-13-23(22)30-28(35)32-18-16-31(17-19-32)27-29-24-14-8-9-15-25(24)33(27)20-21-10-4-3-5-11-21/h3-15H,2,16-20H2,1H3,(H,30,35). The summed E-state index contributed by atoms with van der Waals surface area (Å²) in [6.45, 7) is 5.16. The fourth-order valence-corrected chi connectivity index (χ4v) is 4.51. The van der Waals surface area contributed by atoms with E-state index < -0.39 is 5.97 Å². The van der Waals surface area contributed by atoms with Crippen LogP contribution in [0.1, 0.15) is 22.8 Å². The average molecular weight is 484 g/mol. The van der Waals surface area contributed by atoms with Gasteiger partial charge in [-0.25, -0.2) is 14.6 Å². The second kappa shape index (κ2) is 10.5. The molecule has 1 fully saturated rings. The first-order chi connectivity index (χ1) is 17.6. The number of amides is 2. The first kappa shape index (κ1) is 23.4. The number of hydrogen-bond donors (Lipinski definition) is 1. The summed E-state index contributed by atoms with van der Waals surface area (Å²) in [5, 5.41) is 2.89. The van der Waals surface area contributed by atoms with Crippen LogP contribution in [0, 0.1) is 0 Å². The molecule has 8 nitrogen and oxygen atoms in total. The maximum atomic E-state index is 13.0. The summed E-state index contributed by atoms with van der Waals surface area (Å²) >= 11 is 0. The summed E-state index contributed by atoms with van der Waals surface area (Å²) in [7, 11) is 0. The number of ether oxygens (including phenoxy) is 1. The van der Waals surface area contributed by atoms with Gasteiger partial charge >= 0.3 is 12.0 Å². The van der Waals surface area contributed by atoms with Crippen molar-refractivity contribution in [1.82, 2.24) is 14.5 Å². The van der Waals surface area contributed by atoms with Gasteiger partial charge in [0.15, 0.2) is 0 Å². The van der Waals surface area contributed by atoms with E-state index in [1.165, 1.54) is 5.56 Å². The maximum Gasteiger partial charge on any atom is 0.340 e. The van der Waals surface area contributed by atoms with Crippen LogP contribution in [0.4, 0.5) is 16.4 Å². The second-order valence-corrected chi connectivity index (χ2v) is 8.64. The lowest BCUT2D eigenvalue weighted by atomic mass is 10.2. The normalized spacial score (nSPS) is 13.6. The molecule has 0 unspecified atom stereocenters. The van der Waals surface area contributed by atoms with Crippen molar-refractivity contribution in [2.45, 2.75) is 13.5 Å². The van der Waals surface area contributed by atoms with Crippen molar-refractivity contribution >= 4 is 34.7 Å². The molecular weight excluding hydrogens is 454 g/mol. The van der Waals surface area contributed by atoms with Crippen LogP contribution in [-0.4, -0.2) is 59.2 Å². The molecule has 2 amide bonds. The van der Waals surface area contributed by atoms with Gasteiger partial charge in [-0.15, -0.1) is 0 Å². The molecule has 0 saturated carbocycles. The van der Waals surface area contributed by atoms with Crippen molar-refractivity contribution < 1.29 is 14.3 Å². The number of imidazole rings is 1. The van der Waals surface area contributed by atoms with Crippen LogP contribution in [0.2, 0.25) is 0 Å². The van der Waals surface area contributed by atoms with Crippen molar-refractivity contribution in [3.63, 3.8) is 0 Å². The number of fused-ring (bicyclic) bond motifs is 1. The zero-order valence-corrected chi connectivity index (χ0v) is 20.3. The van der Waals surface area contributed by atoms with Crippen molar-refractivity contribution in [1.29, 1.82) is 0 Å². The number of piperazine rings is 1. The molecule has 184 valence electrons. The Kier molecular flexibility index (Phi) is 6.84. The lowest BCUT2D eigenvalue weighted by Crippen LogP contribution is -2.50. The van der Waals surface area contributed by atoms with Crippen LogP contribution < -0.4 is 10.2 Å². The van der Waals surface area contributed by atoms with Crippen LogP contribution in [0.15, 0.2) is 78.9 Å². The number of esters is 1. The summed E-state index contributed by atoms with van der Waals surface area (Å²) in [5.41, 5.74) is 4.06. The molecule has 0 radical (unpaired) electrons. The van der Waals surface area contributed by atoms with Crippen molar-refractivity contribution in [3.05, 3.63) is 90.0 Å². The van der Waals surface area contributed by atoms with E-state index in [-0.39, 0.29) is 12.6 Å². The third-order valence-electron chi connectivity index (χ3n) is 6.33. The van der Waals surface area contributed by atoms with Gasteiger partial charge in [-0.05, 0) is 36.8 Å². The Bertz CT molecular complexity index is 1360. The van der Waals surface area contributed by atoms with Crippen LogP contribution in [0.3, 0.4) is 0 Å². The van der Waals surface area contributed by atoms with Gasteiger partial charge in [0.2, 0.25) is 5.95 Å². The van der Waals surface area contributed by atoms with Gasteiger partial charge in [0, 0.05) is 26.2 Å². The molecule has 0 spiro atoms. The molecule has 1 saturated heterocycles. The van der Waals surface area contributed by atoms with Crippen LogP contribution in [0.25, 0.3) is 11.0 Å². The highest BCUT2D eigenvalue weighted by atomic mass is 16.5. The number of carbonyl (C=O) groups is 2. The summed E-state index contributed by atoms with van der Waals surface area (Å²) in [4.78, 5) is 34.2. The fourth-order valence-electron chi connectivity index (χ4n) is 4.51. The van der Waals surface area contributed by atoms with E-state index in [4.69, 9.17) is 9.72 Å². The van der Waals surface area contributed by atoms with Gasteiger partial charge in [0.1, 0.15) is 0 Å². The van der Waals surface area contributed by atoms with Gasteiger partial charge in [0.05, 0.1) is 35.4 Å². The van der Waals surface area contributed by atoms with E-state index in [1.54, 1.807) is 36.1 Å². The first-order valence-electron chi connectivity index (χ1n) is 12.2. The molecule has 1 aliphatic heterocycles. The van der Waals surface area contributed by atoms with Gasteiger partial charge in [-0.3, -0.25) is 0 Å². The molecule has 1 N–H and O–H groups in total. The molecular formula is C28H29N5O3. The van der Waals surface area contributed by atoms with E-state index in [2.05, 4.69) is 33.0 Å². The molecule has 0 atom stereocenters. The molecule has 3 aromatic carbocycles. The van der Waals surface area contributed by atoms with Crippen molar-refractivity contribution in [2.24, 2.45) is 0 Å². The summed E-state index contributed by atoms with van der Waals surface area (Å²) < 4.78 is 7.36. The van der Waals surface area contributed by atoms with Crippen LogP contribution in [0.5, 0.6) is 0 Å². The number of aromatic nitrogens is 2. The topological polar surface area (TPSA) is 79.7 Å². The lowest BCUT2D eigenvalue weighted by molar-refractivity contribution is 0.0527. The quantitative estimate of drug-likeness (QED) is 0.405. The molecule has 2 heterocycles. The molecule has 8 heteroatoms. The minimum Gasteiger partial charge on any atom is -0.462 e. The van der Waals surface area contributed by atoms with Crippen molar-refractivity contribution in [3.8, 4) is 0 Å². The van der Waals surface area contributed by atoms with Crippen molar-refractivity contribution in [2.75, 3.05) is 43.0 Å². The molecule has 1 aliphatic rings. The van der Waals surface area contributed by atoms with E-state index in [0.29, 0.717) is 37.4 Å². The third-order valence-corrected chi connectivity index (χ3v) is 6.33. The Morgan fingerprint density at radius 1 is 0.889 bits per heavy atom. The first-order valence-corrected chi connectivity index (χ1v) is 12.2. The van der Waals surface area contributed by atoms with Crippen LogP contribution in [-0.2, 0) is 11.3 Å². The zero-order valence-electron chi connectivity index (χ0n) is 20.3. The van der Waals surface area contributed by atoms with Gasteiger partial charge in [-0.2, -0.15) is 0 Å². The Hall–Kier alpha value is -4.33. The minimum atomic E-state index is -0.449. The van der Waals surface area contributed by atoms with Crippen LogP contribution >= 0.6 is 0 Å². The highest BCUT2D eigenvalue weighted by Gasteiger charge is 2.26. The Labute approximate surface area is 210 Å². The molecule has 4 aromatic rings. The number of carbonyl (C=O) groups excluding carboxylic acids is 2. The predicted octanol–water partition coefficient (Wildman–Crippen LogP) is 4.62. The van der Waals surface area contributed by atoms with Gasteiger partial charge < -0.3 is 24.4 Å². The third kappa shape index (κ3) is 4.88. The number of nitrogens with one attached hydrogen (secondary N) is 1. The minimum absolute atomic E-state index is 0.232. The number of hydrogen-bond acceptors (Lipinski definition) is 5. The Morgan fingerprint density at radius 2 is 1.58 bits per heavy atom. The predicted molar refractivity (Wildman–Crippen MR) is 140 cm³/mol. The van der Waals surface area contributed by atoms with E-state index in [0.717, 1.165) is 23.5 Å². The summed E-state index contributed by atoms with van der Waals surface area (Å²) in [6.07, 6.45) is 0. The Morgan fingerprint density at radius 3 is 2.36 bits per heavy atom. The largest absolute Gasteiger partial charge is 0.462 e. The maximum absolute atomic E-state index is 13.0. The van der Waals surface area contributed by atoms with Gasteiger partial charge in [-0.1, -0.05) is 54.6 Å². The number of urea groups is 1. The number of benzene rings is 3. The monoisotopic (exact) mass is 483 g/mol. The molecule has 5 rings (SSSR count). The molecule has 0 bridgehead atoms. The smallest absolute Gasteiger partial charge is 0.340 e. The highest BCUT2D eigenvalue weighted by Crippen LogP contribution is 2.25. The van der Waals surface area contributed by atoms with E-state index in [9.17, 15) is 9.59 Å². The summed E-state index contributed by atoms with van der Waals surface area (Å²) in [5.74, 6) is 0.461. The van der Waals surface area contributed by atoms with E-state index in [1.807, 2.05) is 36.4 Å². The number of para-hydroxylation sites is 3. The number of nitrogens with zero attached hydrogens (tertiary/aromatic N) is 4. The fraction of sp³-hybridized carbons (Fsp3) is 0.250. The SMILES string of the molecule is CCOC(=O)c1ccccc1NC(=O)N1CCN(c2nc3ccccc3n2Cc2ccccc2)CC1. The Balaban J connectivity index is 1.30. The highest BCUT2D eigenvalue weighted by molar-refractivity contribution is 6.00. The average Bonchev–Trinajstić information content (AvgIpc) is 3.28. The second-order valence-electron chi connectivity index (χ2n) is 8.64. The summed E-state index contributed by atoms with van der Waals surface area (Å²) in [6, 6.07) is 25.2. The molecule has 36 heavy (non-hydrogen) atoms. The molecule has 1 aromatic heterocycles. The molecule has 0 aliphatic carbocycles. The lowest BCUT2D eigenvalue weighted by Gasteiger charge is -2.35. The zero-order chi connectivity index (χ0) is 24.9.